The van der Waals surface area contributed by atoms with Gasteiger partial charge >= 0.3 is 6.09 Å². The molecule has 2 fully saturated rings. The molecule has 0 aliphatic carbocycles. The summed E-state index contributed by atoms with van der Waals surface area (Å²) in [6.07, 6.45) is 0.663. The van der Waals surface area contributed by atoms with E-state index in [1.165, 1.54) is 5.56 Å². The van der Waals surface area contributed by atoms with E-state index in [-0.39, 0.29) is 17.4 Å². The first-order valence-electron chi connectivity index (χ1n) is 12.2. The van der Waals surface area contributed by atoms with Crippen LogP contribution in [0.15, 0.2) is 48.5 Å². The number of hydrogen-bond donors (Lipinski definition) is 0. The SMILES string of the molecule is CCCOCc1cccc(C[C@@H]2CS(=O)(=O)C[C@H]3[C@H]2OC(=O)N3Cc2cccc(C(C)C)c2)c1. The normalized spacial score (nSPS) is 23.7. The third-order valence-electron chi connectivity index (χ3n) is 6.69. The summed E-state index contributed by atoms with van der Waals surface area (Å²) < 4.78 is 37.2. The Bertz CT molecular complexity index is 1110. The number of sulfone groups is 1. The standard InChI is InChI=1S/C27H35NO5S/c1-4-11-32-16-22-9-5-7-20(12-22)13-24-17-34(30,31)18-25-26(24)33-27(29)28(25)15-21-8-6-10-23(14-21)19(2)3/h5-10,12,14,19,24-26H,4,11,13,15-18H2,1-3H3/t24-,25+,26+/m1/s1. The van der Waals surface area contributed by atoms with E-state index in [0.717, 1.165) is 23.1 Å². The van der Waals surface area contributed by atoms with Gasteiger partial charge in [-0.05, 0) is 41.0 Å². The average molecular weight is 486 g/mol. The summed E-state index contributed by atoms with van der Waals surface area (Å²) in [5.41, 5.74) is 4.29. The third kappa shape index (κ3) is 5.81. The van der Waals surface area contributed by atoms with Crippen molar-refractivity contribution >= 4 is 15.9 Å². The number of carbonyl (C=O) groups excluding carboxylic acids is 1. The van der Waals surface area contributed by atoms with Crippen molar-refractivity contribution in [2.24, 2.45) is 5.92 Å². The predicted octanol–water partition coefficient (Wildman–Crippen LogP) is 4.71. The molecule has 2 saturated heterocycles. The molecule has 0 saturated carbocycles. The van der Waals surface area contributed by atoms with Crippen molar-refractivity contribution in [2.75, 3.05) is 18.1 Å². The highest BCUT2D eigenvalue weighted by Gasteiger charge is 2.51. The fourth-order valence-electron chi connectivity index (χ4n) is 5.01. The third-order valence-corrected chi connectivity index (χ3v) is 8.47. The maximum absolute atomic E-state index is 12.9. The average Bonchev–Trinajstić information content (AvgIpc) is 3.09. The summed E-state index contributed by atoms with van der Waals surface area (Å²) >= 11 is 0. The molecule has 2 aromatic carbocycles. The second-order valence-corrected chi connectivity index (χ2v) is 12.0. The number of rotatable bonds is 9. The number of hydrogen-bond acceptors (Lipinski definition) is 5. The predicted molar refractivity (Wildman–Crippen MR) is 132 cm³/mol. The smallest absolute Gasteiger partial charge is 0.410 e. The van der Waals surface area contributed by atoms with Gasteiger partial charge in [0.15, 0.2) is 9.84 Å². The molecule has 0 bridgehead atoms. The molecule has 2 aliphatic heterocycles. The highest BCUT2D eigenvalue weighted by molar-refractivity contribution is 7.91. The highest BCUT2D eigenvalue weighted by Crippen LogP contribution is 2.35. The molecule has 34 heavy (non-hydrogen) atoms. The summed E-state index contributed by atoms with van der Waals surface area (Å²) in [6, 6.07) is 15.7. The van der Waals surface area contributed by atoms with E-state index in [1.54, 1.807) is 4.90 Å². The molecule has 0 spiro atoms. The van der Waals surface area contributed by atoms with Crippen LogP contribution in [0.3, 0.4) is 0 Å². The second-order valence-electron chi connectivity index (χ2n) is 9.86. The fraction of sp³-hybridized carbons (Fsp3) is 0.519. The summed E-state index contributed by atoms with van der Waals surface area (Å²) in [5, 5.41) is 0. The molecule has 0 aromatic heterocycles. The molecule has 1 amide bonds. The first-order chi connectivity index (χ1) is 16.3. The number of fused-ring (bicyclic) bond motifs is 1. The molecule has 0 unspecified atom stereocenters. The van der Waals surface area contributed by atoms with Crippen LogP contribution in [0.2, 0.25) is 0 Å². The van der Waals surface area contributed by atoms with Crippen LogP contribution in [0.1, 0.15) is 55.4 Å². The van der Waals surface area contributed by atoms with Crippen molar-refractivity contribution in [3.63, 3.8) is 0 Å². The van der Waals surface area contributed by atoms with Gasteiger partial charge in [0, 0.05) is 19.1 Å². The van der Waals surface area contributed by atoms with Gasteiger partial charge in [0.2, 0.25) is 0 Å². The van der Waals surface area contributed by atoms with Gasteiger partial charge in [-0.2, -0.15) is 0 Å². The number of ether oxygens (including phenoxy) is 2. The van der Waals surface area contributed by atoms with E-state index in [0.29, 0.717) is 32.1 Å². The molecule has 6 nitrogen and oxygen atoms in total. The van der Waals surface area contributed by atoms with Crippen molar-refractivity contribution in [2.45, 2.75) is 64.8 Å². The first-order valence-corrected chi connectivity index (χ1v) is 14.0. The zero-order valence-electron chi connectivity index (χ0n) is 20.3. The van der Waals surface area contributed by atoms with Crippen molar-refractivity contribution in [3.05, 3.63) is 70.8 Å². The molecule has 0 radical (unpaired) electrons. The Kier molecular flexibility index (Phi) is 7.63. The number of amides is 1. The van der Waals surface area contributed by atoms with Crippen LogP contribution in [-0.4, -0.2) is 49.7 Å². The summed E-state index contributed by atoms with van der Waals surface area (Å²) in [5.74, 6) is 0.0934. The maximum Gasteiger partial charge on any atom is 0.410 e. The first kappa shape index (κ1) is 24.7. The van der Waals surface area contributed by atoms with Crippen LogP contribution in [0.25, 0.3) is 0 Å². The minimum absolute atomic E-state index is 0.0364. The van der Waals surface area contributed by atoms with Crippen molar-refractivity contribution in [3.8, 4) is 0 Å². The Labute approximate surface area is 203 Å². The zero-order chi connectivity index (χ0) is 24.3. The molecule has 2 aliphatic rings. The number of nitrogens with zero attached hydrogens (tertiary/aromatic N) is 1. The Morgan fingerprint density at radius 2 is 1.79 bits per heavy atom. The van der Waals surface area contributed by atoms with Crippen LogP contribution in [0.5, 0.6) is 0 Å². The van der Waals surface area contributed by atoms with Gasteiger partial charge < -0.3 is 9.47 Å². The fourth-order valence-corrected chi connectivity index (χ4v) is 6.99. The summed E-state index contributed by atoms with van der Waals surface area (Å²) in [7, 11) is -3.30. The Balaban J connectivity index is 1.52. The summed E-state index contributed by atoms with van der Waals surface area (Å²) in [6.45, 7) is 7.93. The minimum atomic E-state index is -3.30. The maximum atomic E-state index is 12.9. The van der Waals surface area contributed by atoms with Gasteiger partial charge in [-0.15, -0.1) is 0 Å². The molecule has 7 heteroatoms. The van der Waals surface area contributed by atoms with Crippen LogP contribution >= 0.6 is 0 Å². The van der Waals surface area contributed by atoms with Crippen LogP contribution < -0.4 is 0 Å². The van der Waals surface area contributed by atoms with Crippen LogP contribution in [0, 0.1) is 5.92 Å². The van der Waals surface area contributed by atoms with Crippen molar-refractivity contribution < 1.29 is 22.7 Å². The second kappa shape index (κ2) is 10.5. The lowest BCUT2D eigenvalue weighted by Crippen LogP contribution is -2.51. The molecular weight excluding hydrogens is 450 g/mol. The molecule has 3 atom stereocenters. The van der Waals surface area contributed by atoms with Gasteiger partial charge in [-0.3, -0.25) is 4.90 Å². The molecular formula is C27H35NO5S. The number of carbonyl (C=O) groups is 1. The van der Waals surface area contributed by atoms with E-state index in [1.807, 2.05) is 30.3 Å². The van der Waals surface area contributed by atoms with Gasteiger partial charge in [-0.25, -0.2) is 13.2 Å². The van der Waals surface area contributed by atoms with Crippen molar-refractivity contribution in [1.82, 2.24) is 4.90 Å². The quantitative estimate of drug-likeness (QED) is 0.481. The number of benzene rings is 2. The zero-order valence-corrected chi connectivity index (χ0v) is 21.1. The lowest BCUT2D eigenvalue weighted by Gasteiger charge is -2.34. The van der Waals surface area contributed by atoms with Gasteiger partial charge in [0.25, 0.3) is 0 Å². The minimum Gasteiger partial charge on any atom is -0.444 e. The molecule has 2 heterocycles. The van der Waals surface area contributed by atoms with E-state index < -0.39 is 28.1 Å². The lowest BCUT2D eigenvalue weighted by atomic mass is 9.90. The molecule has 0 N–H and O–H groups in total. The largest absolute Gasteiger partial charge is 0.444 e. The Morgan fingerprint density at radius 3 is 2.56 bits per heavy atom. The Hall–Kier alpha value is -2.38. The van der Waals surface area contributed by atoms with Crippen LogP contribution in [0.4, 0.5) is 4.79 Å². The Morgan fingerprint density at radius 1 is 1.06 bits per heavy atom. The highest BCUT2D eigenvalue weighted by atomic mass is 32.2. The van der Waals surface area contributed by atoms with Crippen LogP contribution in [-0.2, 0) is 38.9 Å². The topological polar surface area (TPSA) is 72.9 Å². The van der Waals surface area contributed by atoms with E-state index in [9.17, 15) is 13.2 Å². The van der Waals surface area contributed by atoms with Gasteiger partial charge in [0.1, 0.15) is 6.10 Å². The summed E-state index contributed by atoms with van der Waals surface area (Å²) in [4.78, 5) is 14.5. The molecule has 2 aromatic rings. The van der Waals surface area contributed by atoms with E-state index in [4.69, 9.17) is 9.47 Å². The van der Waals surface area contributed by atoms with Gasteiger partial charge in [-0.1, -0.05) is 69.3 Å². The monoisotopic (exact) mass is 485 g/mol. The van der Waals surface area contributed by atoms with Gasteiger partial charge in [0.05, 0.1) is 24.2 Å². The molecule has 184 valence electrons. The lowest BCUT2D eigenvalue weighted by molar-refractivity contribution is 0.0969. The van der Waals surface area contributed by atoms with E-state index in [2.05, 4.69) is 39.0 Å². The van der Waals surface area contributed by atoms with Crippen molar-refractivity contribution in [1.29, 1.82) is 0 Å². The van der Waals surface area contributed by atoms with E-state index >= 15 is 0 Å². The molecule has 4 rings (SSSR count).